The number of pyridine rings is 1. The van der Waals surface area contributed by atoms with E-state index in [1.54, 1.807) is 23.8 Å². The molecule has 1 N–H and O–H groups in total. The van der Waals surface area contributed by atoms with Gasteiger partial charge < -0.3 is 5.32 Å². The first-order valence-corrected chi connectivity index (χ1v) is 7.03. The fourth-order valence-electron chi connectivity index (χ4n) is 1.76. The molecule has 0 saturated heterocycles. The van der Waals surface area contributed by atoms with Crippen LogP contribution in [0.4, 0.5) is 10.1 Å². The number of thiazole rings is 1. The lowest BCUT2D eigenvalue weighted by atomic mass is 10.3. The summed E-state index contributed by atoms with van der Waals surface area (Å²) in [6.45, 7) is 0. The highest BCUT2D eigenvalue weighted by atomic mass is 32.1. The fourth-order valence-corrected chi connectivity index (χ4v) is 2.55. The van der Waals surface area contributed by atoms with E-state index in [9.17, 15) is 9.18 Å². The zero-order chi connectivity index (χ0) is 14.7. The molecule has 6 heteroatoms. The zero-order valence-corrected chi connectivity index (χ0v) is 11.6. The molecule has 0 spiro atoms. The van der Waals surface area contributed by atoms with Crippen LogP contribution in [0.25, 0.3) is 10.6 Å². The predicted octanol–water partition coefficient (Wildman–Crippen LogP) is 3.60. The SMILES string of the molecule is O=C(Nc1cccc(F)c1)c1csc(-c2cccnc2)n1. The van der Waals surface area contributed by atoms with Crippen molar-refractivity contribution in [1.82, 2.24) is 9.97 Å². The van der Waals surface area contributed by atoms with Gasteiger partial charge in [0.1, 0.15) is 16.5 Å². The summed E-state index contributed by atoms with van der Waals surface area (Å²) in [5, 5.41) is 4.99. The minimum absolute atomic E-state index is 0.295. The molecule has 2 aromatic heterocycles. The maximum atomic E-state index is 13.1. The number of carbonyl (C=O) groups excluding carboxylic acids is 1. The molecule has 0 bridgehead atoms. The standard InChI is InChI=1S/C15H10FN3OS/c16-11-4-1-5-12(7-11)18-14(20)13-9-21-15(19-13)10-3-2-6-17-8-10/h1-9H,(H,18,20). The Bertz CT molecular complexity index is 773. The molecular weight excluding hydrogens is 289 g/mol. The van der Waals surface area contributed by atoms with Gasteiger partial charge in [0.25, 0.3) is 5.91 Å². The van der Waals surface area contributed by atoms with Crippen LogP contribution in [-0.2, 0) is 0 Å². The van der Waals surface area contributed by atoms with Crippen molar-refractivity contribution in [2.75, 3.05) is 5.32 Å². The summed E-state index contributed by atoms with van der Waals surface area (Å²) in [6, 6.07) is 9.41. The number of rotatable bonds is 3. The quantitative estimate of drug-likeness (QED) is 0.804. The second-order valence-electron chi connectivity index (χ2n) is 4.24. The summed E-state index contributed by atoms with van der Waals surface area (Å²) >= 11 is 1.36. The number of aromatic nitrogens is 2. The highest BCUT2D eigenvalue weighted by Gasteiger charge is 2.12. The third kappa shape index (κ3) is 3.11. The highest BCUT2D eigenvalue weighted by Crippen LogP contribution is 2.23. The molecule has 0 aliphatic rings. The monoisotopic (exact) mass is 299 g/mol. The molecule has 0 aliphatic carbocycles. The maximum Gasteiger partial charge on any atom is 0.275 e. The molecule has 0 atom stereocenters. The number of nitrogens with one attached hydrogen (secondary N) is 1. The molecule has 4 nitrogen and oxygen atoms in total. The van der Waals surface area contributed by atoms with Crippen molar-refractivity contribution in [3.8, 4) is 10.6 Å². The van der Waals surface area contributed by atoms with Crippen LogP contribution in [0.5, 0.6) is 0 Å². The Hall–Kier alpha value is -2.60. The van der Waals surface area contributed by atoms with Crippen molar-refractivity contribution in [3.05, 3.63) is 65.7 Å². The molecule has 0 aliphatic heterocycles. The van der Waals surface area contributed by atoms with Gasteiger partial charge in [0.2, 0.25) is 0 Å². The van der Waals surface area contributed by atoms with E-state index >= 15 is 0 Å². The number of benzene rings is 1. The molecule has 2 heterocycles. The van der Waals surface area contributed by atoms with Crippen LogP contribution in [0.1, 0.15) is 10.5 Å². The minimum Gasteiger partial charge on any atom is -0.321 e. The molecule has 3 aromatic rings. The number of anilines is 1. The van der Waals surface area contributed by atoms with Crippen LogP contribution in [0.3, 0.4) is 0 Å². The second kappa shape index (κ2) is 5.80. The van der Waals surface area contributed by atoms with Crippen LogP contribution in [0.2, 0.25) is 0 Å². The van der Waals surface area contributed by atoms with Gasteiger partial charge in [-0.15, -0.1) is 11.3 Å². The molecular formula is C15H10FN3OS. The number of halogens is 1. The van der Waals surface area contributed by atoms with Gasteiger partial charge in [0.05, 0.1) is 0 Å². The minimum atomic E-state index is -0.401. The molecule has 1 aromatic carbocycles. The van der Waals surface area contributed by atoms with Gasteiger partial charge in [0, 0.05) is 29.0 Å². The third-order valence-corrected chi connectivity index (χ3v) is 3.62. The Morgan fingerprint density at radius 2 is 2.14 bits per heavy atom. The van der Waals surface area contributed by atoms with Crippen LogP contribution in [-0.4, -0.2) is 15.9 Å². The zero-order valence-electron chi connectivity index (χ0n) is 10.8. The molecule has 104 valence electrons. The predicted molar refractivity (Wildman–Crippen MR) is 79.7 cm³/mol. The molecule has 0 saturated carbocycles. The van der Waals surface area contributed by atoms with Crippen molar-refractivity contribution in [2.45, 2.75) is 0 Å². The van der Waals surface area contributed by atoms with Gasteiger partial charge >= 0.3 is 0 Å². The Morgan fingerprint density at radius 3 is 2.90 bits per heavy atom. The van der Waals surface area contributed by atoms with Gasteiger partial charge in [-0.05, 0) is 30.3 Å². The van der Waals surface area contributed by atoms with Crippen LogP contribution in [0, 0.1) is 5.82 Å². The Morgan fingerprint density at radius 1 is 1.24 bits per heavy atom. The first kappa shape index (κ1) is 13.4. The van der Waals surface area contributed by atoms with Gasteiger partial charge in [-0.25, -0.2) is 9.37 Å². The molecule has 1 amide bonds. The van der Waals surface area contributed by atoms with E-state index in [0.717, 1.165) is 5.56 Å². The van der Waals surface area contributed by atoms with Crippen LogP contribution >= 0.6 is 11.3 Å². The lowest BCUT2D eigenvalue weighted by molar-refractivity contribution is 0.102. The third-order valence-electron chi connectivity index (χ3n) is 2.73. The molecule has 0 unspecified atom stereocenters. The van der Waals surface area contributed by atoms with Crippen molar-refractivity contribution in [1.29, 1.82) is 0 Å². The van der Waals surface area contributed by atoms with Crippen molar-refractivity contribution < 1.29 is 9.18 Å². The van der Waals surface area contributed by atoms with E-state index < -0.39 is 5.82 Å². The van der Waals surface area contributed by atoms with Crippen molar-refractivity contribution >= 4 is 22.9 Å². The normalized spacial score (nSPS) is 10.3. The van der Waals surface area contributed by atoms with E-state index in [1.807, 2.05) is 12.1 Å². The van der Waals surface area contributed by atoms with Gasteiger partial charge in [-0.1, -0.05) is 6.07 Å². The van der Waals surface area contributed by atoms with Crippen molar-refractivity contribution in [2.24, 2.45) is 0 Å². The van der Waals surface area contributed by atoms with Gasteiger partial charge in [-0.2, -0.15) is 0 Å². The fraction of sp³-hybridized carbons (Fsp3) is 0. The molecule has 0 radical (unpaired) electrons. The number of carbonyl (C=O) groups is 1. The number of nitrogens with zero attached hydrogens (tertiary/aromatic N) is 2. The first-order valence-electron chi connectivity index (χ1n) is 6.15. The summed E-state index contributed by atoms with van der Waals surface area (Å²) in [7, 11) is 0. The lowest BCUT2D eigenvalue weighted by Crippen LogP contribution is -2.12. The van der Waals surface area contributed by atoms with E-state index in [4.69, 9.17) is 0 Å². The first-order chi connectivity index (χ1) is 10.2. The summed E-state index contributed by atoms with van der Waals surface area (Å²) in [5.41, 5.74) is 1.55. The highest BCUT2D eigenvalue weighted by molar-refractivity contribution is 7.13. The van der Waals surface area contributed by atoms with E-state index in [0.29, 0.717) is 16.4 Å². The number of amides is 1. The van der Waals surface area contributed by atoms with Crippen LogP contribution in [0.15, 0.2) is 54.2 Å². The average molecular weight is 299 g/mol. The lowest BCUT2D eigenvalue weighted by Gasteiger charge is -2.02. The summed E-state index contributed by atoms with van der Waals surface area (Å²) in [5.74, 6) is -0.769. The summed E-state index contributed by atoms with van der Waals surface area (Å²) < 4.78 is 13.1. The number of hydrogen-bond donors (Lipinski definition) is 1. The summed E-state index contributed by atoms with van der Waals surface area (Å²) in [4.78, 5) is 20.4. The number of hydrogen-bond acceptors (Lipinski definition) is 4. The van der Waals surface area contributed by atoms with E-state index in [1.165, 1.54) is 29.5 Å². The molecule has 21 heavy (non-hydrogen) atoms. The average Bonchev–Trinajstić information content (AvgIpc) is 2.98. The largest absolute Gasteiger partial charge is 0.321 e. The molecule has 3 rings (SSSR count). The van der Waals surface area contributed by atoms with Gasteiger partial charge in [0.15, 0.2) is 0 Å². The van der Waals surface area contributed by atoms with Crippen molar-refractivity contribution in [3.63, 3.8) is 0 Å². The Balaban J connectivity index is 1.78. The topological polar surface area (TPSA) is 54.9 Å². The summed E-state index contributed by atoms with van der Waals surface area (Å²) in [6.07, 6.45) is 3.36. The second-order valence-corrected chi connectivity index (χ2v) is 5.10. The smallest absolute Gasteiger partial charge is 0.275 e. The van der Waals surface area contributed by atoms with E-state index in [2.05, 4.69) is 15.3 Å². The Kier molecular flexibility index (Phi) is 3.70. The van der Waals surface area contributed by atoms with Gasteiger partial charge in [-0.3, -0.25) is 9.78 Å². The van der Waals surface area contributed by atoms with E-state index in [-0.39, 0.29) is 5.91 Å². The molecule has 0 fully saturated rings. The maximum absolute atomic E-state index is 13.1. The van der Waals surface area contributed by atoms with Crippen LogP contribution < -0.4 is 5.32 Å². The Labute approximate surface area is 124 Å².